The Morgan fingerprint density at radius 3 is 2.62 bits per heavy atom. The van der Waals surface area contributed by atoms with E-state index in [4.69, 9.17) is 0 Å². The minimum absolute atomic E-state index is 0.534. The number of hydrazone groups is 1. The fraction of sp³-hybridized carbons (Fsp3) is 0.250. The van der Waals surface area contributed by atoms with Crippen molar-refractivity contribution in [1.29, 1.82) is 0 Å². The molecule has 21 heavy (non-hydrogen) atoms. The molecule has 0 fully saturated rings. The number of aliphatic hydroxyl groups is 1. The fourth-order valence-electron chi connectivity index (χ4n) is 1.80. The number of nitrogens with zero attached hydrogens (tertiary/aromatic N) is 1. The molecule has 0 aliphatic heterocycles. The second-order valence-corrected chi connectivity index (χ2v) is 5.77. The molecule has 110 valence electrons. The maximum Gasteiger partial charge on any atom is 0.273 e. The summed E-state index contributed by atoms with van der Waals surface area (Å²) in [6, 6.07) is 12.8. The van der Waals surface area contributed by atoms with E-state index < -0.39 is 12.0 Å². The summed E-state index contributed by atoms with van der Waals surface area (Å²) in [5, 5.41) is 14.0. The van der Waals surface area contributed by atoms with Crippen LogP contribution in [0.2, 0.25) is 0 Å². The zero-order valence-electron chi connectivity index (χ0n) is 12.0. The summed E-state index contributed by atoms with van der Waals surface area (Å²) < 4.78 is 0. The van der Waals surface area contributed by atoms with Crippen LogP contribution in [0.1, 0.15) is 35.3 Å². The fourth-order valence-corrected chi connectivity index (χ4v) is 2.70. The number of benzene rings is 1. The van der Waals surface area contributed by atoms with Gasteiger partial charge in [-0.25, -0.2) is 5.43 Å². The normalized spacial score (nSPS) is 13.0. The third-order valence-corrected chi connectivity index (χ3v) is 4.40. The molecule has 0 bridgehead atoms. The van der Waals surface area contributed by atoms with E-state index in [0.717, 1.165) is 17.0 Å². The van der Waals surface area contributed by atoms with Gasteiger partial charge in [-0.15, -0.1) is 11.3 Å². The Hall–Kier alpha value is -1.98. The Morgan fingerprint density at radius 1 is 1.29 bits per heavy atom. The summed E-state index contributed by atoms with van der Waals surface area (Å²) >= 11 is 1.65. The van der Waals surface area contributed by atoms with Crippen molar-refractivity contribution < 1.29 is 9.90 Å². The summed E-state index contributed by atoms with van der Waals surface area (Å²) in [5.74, 6) is -0.534. The standard InChI is InChI=1S/C16H18N2O2S/c1-3-13-9-10-14(21-13)11(2)17-18-16(20)15(19)12-7-5-4-6-8-12/h4-10,15,19H,3H2,1-2H3,(H,18,20)/b17-11-/t15-/m1/s1. The molecule has 1 atom stereocenters. The van der Waals surface area contributed by atoms with Gasteiger partial charge in [0.1, 0.15) is 0 Å². The largest absolute Gasteiger partial charge is 0.378 e. The highest BCUT2D eigenvalue weighted by atomic mass is 32.1. The van der Waals surface area contributed by atoms with Gasteiger partial charge in [0.2, 0.25) is 0 Å². The summed E-state index contributed by atoms with van der Waals surface area (Å²) in [6.07, 6.45) is -0.228. The van der Waals surface area contributed by atoms with Gasteiger partial charge in [0.05, 0.1) is 10.6 Å². The number of amides is 1. The van der Waals surface area contributed by atoms with Crippen LogP contribution in [0, 0.1) is 0 Å². The first-order chi connectivity index (χ1) is 10.1. The van der Waals surface area contributed by atoms with Gasteiger partial charge in [0.25, 0.3) is 5.91 Å². The maximum absolute atomic E-state index is 11.9. The SMILES string of the molecule is CCc1ccc(/C(C)=N\NC(=O)[C@H](O)c2ccccc2)s1. The Balaban J connectivity index is 2.01. The summed E-state index contributed by atoms with van der Waals surface area (Å²) in [5.41, 5.74) is 3.69. The molecule has 0 unspecified atom stereocenters. The van der Waals surface area contributed by atoms with Crippen molar-refractivity contribution in [1.82, 2.24) is 5.43 Å². The molecule has 0 aliphatic rings. The molecule has 2 aromatic rings. The highest BCUT2D eigenvalue weighted by molar-refractivity contribution is 7.14. The van der Waals surface area contributed by atoms with Crippen molar-refractivity contribution in [3.8, 4) is 0 Å². The zero-order valence-corrected chi connectivity index (χ0v) is 12.9. The number of carbonyl (C=O) groups is 1. The Bertz CT molecular complexity index is 635. The molecule has 1 amide bonds. The van der Waals surface area contributed by atoms with Crippen LogP contribution in [0.3, 0.4) is 0 Å². The highest BCUT2D eigenvalue weighted by Gasteiger charge is 2.16. The lowest BCUT2D eigenvalue weighted by molar-refractivity contribution is -0.129. The number of nitrogens with one attached hydrogen (secondary N) is 1. The molecule has 0 radical (unpaired) electrons. The lowest BCUT2D eigenvalue weighted by Crippen LogP contribution is -2.26. The van der Waals surface area contributed by atoms with Crippen molar-refractivity contribution in [3.63, 3.8) is 0 Å². The molecule has 1 aromatic carbocycles. The summed E-state index contributed by atoms with van der Waals surface area (Å²) in [7, 11) is 0. The minimum atomic E-state index is -1.21. The van der Waals surface area contributed by atoms with Crippen LogP contribution in [-0.2, 0) is 11.2 Å². The van der Waals surface area contributed by atoms with E-state index in [2.05, 4.69) is 23.5 Å². The first-order valence-corrected chi connectivity index (χ1v) is 7.59. The molecule has 1 aromatic heterocycles. The van der Waals surface area contributed by atoms with Gasteiger partial charge < -0.3 is 5.11 Å². The van der Waals surface area contributed by atoms with Gasteiger partial charge in [0.15, 0.2) is 6.10 Å². The lowest BCUT2D eigenvalue weighted by atomic mass is 10.1. The molecule has 1 heterocycles. The molecular formula is C16H18N2O2S. The van der Waals surface area contributed by atoms with E-state index in [0.29, 0.717) is 5.56 Å². The first kappa shape index (κ1) is 15.4. The van der Waals surface area contributed by atoms with Gasteiger partial charge in [-0.05, 0) is 31.0 Å². The second kappa shape index (κ2) is 7.15. The Kier molecular flexibility index (Phi) is 5.25. The van der Waals surface area contributed by atoms with Crippen LogP contribution < -0.4 is 5.43 Å². The van der Waals surface area contributed by atoms with E-state index >= 15 is 0 Å². The zero-order chi connectivity index (χ0) is 15.2. The Labute approximate surface area is 128 Å². The molecular weight excluding hydrogens is 284 g/mol. The predicted molar refractivity (Wildman–Crippen MR) is 85.5 cm³/mol. The Morgan fingerprint density at radius 2 is 2.00 bits per heavy atom. The van der Waals surface area contributed by atoms with Crippen molar-refractivity contribution in [2.75, 3.05) is 0 Å². The monoisotopic (exact) mass is 302 g/mol. The molecule has 0 saturated heterocycles. The number of thiophene rings is 1. The van der Waals surface area contributed by atoms with Crippen LogP contribution in [0.5, 0.6) is 0 Å². The molecule has 4 nitrogen and oxygen atoms in total. The molecule has 5 heteroatoms. The van der Waals surface area contributed by atoms with Gasteiger partial charge >= 0.3 is 0 Å². The van der Waals surface area contributed by atoms with Crippen LogP contribution in [0.25, 0.3) is 0 Å². The quantitative estimate of drug-likeness (QED) is 0.659. The lowest BCUT2D eigenvalue weighted by Gasteiger charge is -2.09. The minimum Gasteiger partial charge on any atom is -0.378 e. The predicted octanol–water partition coefficient (Wildman–Crippen LogP) is 2.88. The molecule has 0 aliphatic carbocycles. The topological polar surface area (TPSA) is 61.7 Å². The van der Waals surface area contributed by atoms with Crippen molar-refractivity contribution in [3.05, 3.63) is 57.8 Å². The third-order valence-electron chi connectivity index (χ3n) is 3.06. The van der Waals surface area contributed by atoms with Crippen molar-refractivity contribution >= 4 is 23.0 Å². The van der Waals surface area contributed by atoms with Crippen molar-refractivity contribution in [2.45, 2.75) is 26.4 Å². The highest BCUT2D eigenvalue weighted by Crippen LogP contribution is 2.17. The molecule has 2 N–H and O–H groups in total. The average Bonchev–Trinajstić information content (AvgIpc) is 3.01. The first-order valence-electron chi connectivity index (χ1n) is 6.78. The van der Waals surface area contributed by atoms with E-state index in [1.54, 1.807) is 35.6 Å². The van der Waals surface area contributed by atoms with Crippen LogP contribution in [-0.4, -0.2) is 16.7 Å². The van der Waals surface area contributed by atoms with Crippen LogP contribution in [0.4, 0.5) is 0 Å². The summed E-state index contributed by atoms with van der Waals surface area (Å²) in [6.45, 7) is 3.93. The number of hydrogen-bond donors (Lipinski definition) is 2. The molecule has 0 saturated carbocycles. The summed E-state index contributed by atoms with van der Waals surface area (Å²) in [4.78, 5) is 14.2. The molecule has 2 rings (SSSR count). The van der Waals surface area contributed by atoms with Gasteiger partial charge in [-0.2, -0.15) is 5.10 Å². The number of aryl methyl sites for hydroxylation is 1. The number of hydrogen-bond acceptors (Lipinski definition) is 4. The van der Waals surface area contributed by atoms with E-state index in [9.17, 15) is 9.90 Å². The van der Waals surface area contributed by atoms with Crippen LogP contribution in [0.15, 0.2) is 47.6 Å². The number of rotatable bonds is 5. The molecule has 0 spiro atoms. The maximum atomic E-state index is 11.9. The third kappa shape index (κ3) is 4.00. The number of aliphatic hydroxyl groups excluding tert-OH is 1. The van der Waals surface area contributed by atoms with Gasteiger partial charge in [0, 0.05) is 4.88 Å². The van der Waals surface area contributed by atoms with Crippen molar-refractivity contribution in [2.24, 2.45) is 5.10 Å². The smallest absolute Gasteiger partial charge is 0.273 e. The average molecular weight is 302 g/mol. The second-order valence-electron chi connectivity index (χ2n) is 4.61. The van der Waals surface area contributed by atoms with E-state index in [1.807, 2.05) is 19.1 Å². The van der Waals surface area contributed by atoms with Gasteiger partial charge in [-0.3, -0.25) is 4.79 Å². The van der Waals surface area contributed by atoms with Gasteiger partial charge in [-0.1, -0.05) is 37.3 Å². The van der Waals surface area contributed by atoms with E-state index in [1.165, 1.54) is 4.88 Å². The van der Waals surface area contributed by atoms with Crippen LogP contribution >= 0.6 is 11.3 Å². The number of carbonyl (C=O) groups excluding carboxylic acids is 1. The van der Waals surface area contributed by atoms with E-state index in [-0.39, 0.29) is 0 Å².